The van der Waals surface area contributed by atoms with Gasteiger partial charge in [-0.15, -0.1) is 0 Å². The molecule has 0 amide bonds. The Bertz CT molecular complexity index is 352. The largest absolute Gasteiger partial charge is 1.00 e. The molecule has 3 heteroatoms. The third-order valence-electron chi connectivity index (χ3n) is 3.60. The zero-order valence-electron chi connectivity index (χ0n) is 12.5. The van der Waals surface area contributed by atoms with E-state index in [9.17, 15) is 5.11 Å². The molecule has 1 N–H and O–H groups in total. The highest BCUT2D eigenvalue weighted by Crippen LogP contribution is 2.24. The minimum absolute atomic E-state index is 0. The molecule has 0 aliphatic heterocycles. The van der Waals surface area contributed by atoms with Crippen LogP contribution >= 0.6 is 0 Å². The Kier molecular flexibility index (Phi) is 9.44. The molecular weight excluding hydrogens is 349 g/mol. The molecule has 0 aromatic heterocycles. The van der Waals surface area contributed by atoms with Crippen LogP contribution in [-0.4, -0.2) is 25.7 Å². The number of hydrogen-bond acceptors (Lipinski definition) is 1. The molecule has 2 nitrogen and oxygen atoms in total. The molecular formula is C16H28INO. The summed E-state index contributed by atoms with van der Waals surface area (Å²) in [6.07, 6.45) is 7.98. The van der Waals surface area contributed by atoms with Crippen molar-refractivity contribution in [2.24, 2.45) is 0 Å². The first kappa shape index (κ1) is 18.7. The highest BCUT2D eigenvalue weighted by atomic mass is 127. The van der Waals surface area contributed by atoms with Gasteiger partial charge in [0.1, 0.15) is 11.4 Å². The van der Waals surface area contributed by atoms with Crippen LogP contribution in [0.4, 0.5) is 5.69 Å². The van der Waals surface area contributed by atoms with Gasteiger partial charge in [-0.3, -0.25) is 4.48 Å². The second-order valence-electron chi connectivity index (χ2n) is 5.70. The summed E-state index contributed by atoms with van der Waals surface area (Å²) >= 11 is 0. The summed E-state index contributed by atoms with van der Waals surface area (Å²) in [5, 5.41) is 9.54. The second-order valence-corrected chi connectivity index (χ2v) is 5.70. The summed E-state index contributed by atoms with van der Waals surface area (Å²) in [4.78, 5) is 0. The minimum atomic E-state index is 0. The van der Waals surface area contributed by atoms with Crippen molar-refractivity contribution in [2.45, 2.75) is 45.4 Å². The number of rotatable bonds is 8. The van der Waals surface area contributed by atoms with Crippen molar-refractivity contribution in [3.63, 3.8) is 0 Å². The lowest BCUT2D eigenvalue weighted by Gasteiger charge is -2.29. The molecule has 19 heavy (non-hydrogen) atoms. The van der Waals surface area contributed by atoms with Gasteiger partial charge in [-0.25, -0.2) is 0 Å². The molecule has 1 rings (SSSR count). The summed E-state index contributed by atoms with van der Waals surface area (Å²) in [5.74, 6) is 0.363. The molecule has 1 aromatic rings. The Labute approximate surface area is 135 Å². The fourth-order valence-corrected chi connectivity index (χ4v) is 2.29. The lowest BCUT2D eigenvalue weighted by atomic mass is 10.1. The monoisotopic (exact) mass is 377 g/mol. The molecule has 0 spiro atoms. The Hall–Kier alpha value is -0.290. The molecule has 1 aromatic carbocycles. The van der Waals surface area contributed by atoms with Crippen molar-refractivity contribution in [1.29, 1.82) is 0 Å². The summed E-state index contributed by atoms with van der Waals surface area (Å²) < 4.78 is 0.849. The second kappa shape index (κ2) is 9.59. The lowest BCUT2D eigenvalue weighted by molar-refractivity contribution is -0.00000510. The van der Waals surface area contributed by atoms with Gasteiger partial charge in [0.2, 0.25) is 0 Å². The number of benzene rings is 1. The first-order valence-corrected chi connectivity index (χ1v) is 7.19. The molecule has 0 bridgehead atoms. The number of aromatic hydroxyl groups is 1. The normalized spacial score (nSPS) is 11.1. The van der Waals surface area contributed by atoms with Crippen molar-refractivity contribution >= 4 is 5.69 Å². The van der Waals surface area contributed by atoms with Gasteiger partial charge in [0.05, 0.1) is 20.6 Å². The van der Waals surface area contributed by atoms with Gasteiger partial charge in [0.25, 0.3) is 0 Å². The number of hydrogen-bond donors (Lipinski definition) is 1. The van der Waals surface area contributed by atoms with Gasteiger partial charge in [0, 0.05) is 6.07 Å². The predicted molar refractivity (Wildman–Crippen MR) is 80.0 cm³/mol. The smallest absolute Gasteiger partial charge is 0.136 e. The molecule has 0 radical (unpaired) electrons. The SMILES string of the molecule is CCCCCCCC[N+](C)(C)c1cccc(O)c1.[I-]. The molecule has 0 fully saturated rings. The summed E-state index contributed by atoms with van der Waals surface area (Å²) in [5.41, 5.74) is 1.18. The van der Waals surface area contributed by atoms with E-state index in [1.165, 1.54) is 44.2 Å². The van der Waals surface area contributed by atoms with Gasteiger partial charge < -0.3 is 29.1 Å². The number of phenols is 1. The Morgan fingerprint density at radius 1 is 1.00 bits per heavy atom. The van der Waals surface area contributed by atoms with E-state index < -0.39 is 0 Å². The average molecular weight is 377 g/mol. The fourth-order valence-electron chi connectivity index (χ4n) is 2.29. The zero-order chi connectivity index (χ0) is 13.4. The average Bonchev–Trinajstić information content (AvgIpc) is 2.33. The quantitative estimate of drug-likeness (QED) is 0.412. The highest BCUT2D eigenvalue weighted by molar-refractivity contribution is 5.46. The number of halogens is 1. The first-order valence-electron chi connectivity index (χ1n) is 7.19. The number of phenolic OH excluding ortho intramolecular Hbond substituents is 1. The van der Waals surface area contributed by atoms with Gasteiger partial charge in [-0.05, 0) is 25.0 Å². The van der Waals surface area contributed by atoms with Crippen LogP contribution in [0, 0.1) is 0 Å². The fraction of sp³-hybridized carbons (Fsp3) is 0.625. The molecule has 0 unspecified atom stereocenters. The topological polar surface area (TPSA) is 20.2 Å². The number of quaternary nitrogens is 1. The highest BCUT2D eigenvalue weighted by Gasteiger charge is 2.18. The van der Waals surface area contributed by atoms with Crippen molar-refractivity contribution in [3.8, 4) is 5.75 Å². The third kappa shape index (κ3) is 7.16. The van der Waals surface area contributed by atoms with Crippen LogP contribution in [0.25, 0.3) is 0 Å². The van der Waals surface area contributed by atoms with Crippen molar-refractivity contribution in [1.82, 2.24) is 4.48 Å². The zero-order valence-corrected chi connectivity index (χ0v) is 14.7. The van der Waals surface area contributed by atoms with Gasteiger partial charge >= 0.3 is 0 Å². The van der Waals surface area contributed by atoms with E-state index in [0.717, 1.165) is 11.0 Å². The van der Waals surface area contributed by atoms with Crippen LogP contribution in [0.5, 0.6) is 5.75 Å². The molecule has 0 atom stereocenters. The van der Waals surface area contributed by atoms with Gasteiger partial charge in [-0.1, -0.05) is 38.7 Å². The molecule has 110 valence electrons. The first-order chi connectivity index (χ1) is 8.56. The molecule has 0 heterocycles. The van der Waals surface area contributed by atoms with E-state index in [-0.39, 0.29) is 24.0 Å². The van der Waals surface area contributed by atoms with Gasteiger partial charge in [0.15, 0.2) is 0 Å². The summed E-state index contributed by atoms with van der Waals surface area (Å²) in [6.45, 7) is 3.39. The Balaban J connectivity index is 0.00000324. The van der Waals surface area contributed by atoms with Crippen LogP contribution in [0.15, 0.2) is 24.3 Å². The van der Waals surface area contributed by atoms with Crippen LogP contribution in [0.3, 0.4) is 0 Å². The predicted octanol–water partition coefficient (Wildman–Crippen LogP) is 1.32. The molecule has 0 saturated heterocycles. The molecule has 0 saturated carbocycles. The van der Waals surface area contributed by atoms with Crippen LogP contribution in [0.2, 0.25) is 0 Å². The lowest BCUT2D eigenvalue weighted by Crippen LogP contribution is -3.00. The van der Waals surface area contributed by atoms with Crippen LogP contribution in [-0.2, 0) is 0 Å². The van der Waals surface area contributed by atoms with Crippen LogP contribution in [0.1, 0.15) is 45.4 Å². The maximum atomic E-state index is 9.54. The maximum Gasteiger partial charge on any atom is 0.136 e. The number of unbranched alkanes of at least 4 members (excludes halogenated alkanes) is 5. The molecule has 0 aliphatic carbocycles. The van der Waals surface area contributed by atoms with E-state index in [1.54, 1.807) is 6.07 Å². The maximum absolute atomic E-state index is 9.54. The number of nitrogens with zero attached hydrogens (tertiary/aromatic N) is 1. The summed E-state index contributed by atoms with van der Waals surface area (Å²) in [6, 6.07) is 7.62. The van der Waals surface area contributed by atoms with Gasteiger partial charge in [-0.2, -0.15) is 0 Å². The standard InChI is InChI=1S/C16H27NO.HI/c1-4-5-6-7-8-9-13-17(2,3)15-11-10-12-16(18)14-15;/h10-12,14H,4-9,13H2,1-3H3;1H. The van der Waals surface area contributed by atoms with E-state index >= 15 is 0 Å². The minimum Gasteiger partial charge on any atom is -1.00 e. The van der Waals surface area contributed by atoms with E-state index in [0.29, 0.717) is 5.75 Å². The van der Waals surface area contributed by atoms with E-state index in [2.05, 4.69) is 27.1 Å². The van der Waals surface area contributed by atoms with Crippen molar-refractivity contribution in [3.05, 3.63) is 24.3 Å². The van der Waals surface area contributed by atoms with E-state index in [4.69, 9.17) is 0 Å². The summed E-state index contributed by atoms with van der Waals surface area (Å²) in [7, 11) is 4.42. The Morgan fingerprint density at radius 3 is 2.26 bits per heavy atom. The third-order valence-corrected chi connectivity index (χ3v) is 3.60. The van der Waals surface area contributed by atoms with Crippen molar-refractivity contribution in [2.75, 3.05) is 20.6 Å². The molecule has 0 aliphatic rings. The van der Waals surface area contributed by atoms with E-state index in [1.807, 2.05) is 12.1 Å². The van der Waals surface area contributed by atoms with Crippen molar-refractivity contribution < 1.29 is 29.1 Å². The van der Waals surface area contributed by atoms with Crippen LogP contribution < -0.4 is 28.5 Å². The Morgan fingerprint density at radius 2 is 1.63 bits per heavy atom.